The minimum Gasteiger partial charge on any atom is -0.328 e. The van der Waals surface area contributed by atoms with Gasteiger partial charge in [0.05, 0.1) is 0 Å². The van der Waals surface area contributed by atoms with Crippen LogP contribution >= 0.6 is 0 Å². The van der Waals surface area contributed by atoms with E-state index in [9.17, 15) is 8.78 Å². The van der Waals surface area contributed by atoms with Gasteiger partial charge >= 0.3 is 0 Å². The molecule has 2 nitrogen and oxygen atoms in total. The highest BCUT2D eigenvalue weighted by molar-refractivity contribution is 5.17. The Kier molecular flexibility index (Phi) is 4.83. The Hall–Kier alpha value is -1.00. The minimum atomic E-state index is -0.804. The SMILES string of the molecule is CC(N)CCN(C)Cc1ccc(F)c(F)c1. The van der Waals surface area contributed by atoms with Crippen LogP contribution in [0.25, 0.3) is 0 Å². The zero-order valence-electron chi connectivity index (χ0n) is 9.71. The first kappa shape index (κ1) is 13.1. The molecule has 0 aliphatic heterocycles. The van der Waals surface area contributed by atoms with Gasteiger partial charge in [0.15, 0.2) is 11.6 Å². The lowest BCUT2D eigenvalue weighted by molar-refractivity contribution is 0.312. The summed E-state index contributed by atoms with van der Waals surface area (Å²) in [6, 6.07) is 4.15. The largest absolute Gasteiger partial charge is 0.328 e. The van der Waals surface area contributed by atoms with Gasteiger partial charge in [-0.05, 0) is 44.6 Å². The molecule has 0 bridgehead atoms. The van der Waals surface area contributed by atoms with Gasteiger partial charge in [-0.25, -0.2) is 8.78 Å². The van der Waals surface area contributed by atoms with Gasteiger partial charge in [-0.3, -0.25) is 0 Å². The molecule has 1 atom stereocenters. The molecule has 0 saturated heterocycles. The van der Waals surface area contributed by atoms with Gasteiger partial charge in [-0.15, -0.1) is 0 Å². The van der Waals surface area contributed by atoms with E-state index >= 15 is 0 Å². The molecular formula is C12H18F2N2. The fourth-order valence-corrected chi connectivity index (χ4v) is 1.45. The first-order valence-corrected chi connectivity index (χ1v) is 5.37. The molecule has 0 radical (unpaired) electrons. The highest BCUT2D eigenvalue weighted by Gasteiger charge is 2.05. The Labute approximate surface area is 95.1 Å². The monoisotopic (exact) mass is 228 g/mol. The average Bonchev–Trinajstić information content (AvgIpc) is 2.21. The molecule has 0 aliphatic carbocycles. The minimum absolute atomic E-state index is 0.160. The molecule has 4 heteroatoms. The second-order valence-electron chi connectivity index (χ2n) is 4.25. The summed E-state index contributed by atoms with van der Waals surface area (Å²) in [5, 5.41) is 0. The summed E-state index contributed by atoms with van der Waals surface area (Å²) < 4.78 is 25.6. The van der Waals surface area contributed by atoms with Crippen LogP contribution in [-0.4, -0.2) is 24.5 Å². The Bertz CT molecular complexity index is 340. The topological polar surface area (TPSA) is 29.3 Å². The standard InChI is InChI=1S/C12H18F2N2/c1-9(15)5-6-16(2)8-10-3-4-11(13)12(14)7-10/h3-4,7,9H,5-6,8,15H2,1-2H3. The maximum atomic E-state index is 12.9. The summed E-state index contributed by atoms with van der Waals surface area (Å²) in [5.74, 6) is -1.60. The molecule has 1 aromatic carbocycles. The van der Waals surface area contributed by atoms with Gasteiger partial charge in [0.2, 0.25) is 0 Å². The first-order valence-electron chi connectivity index (χ1n) is 5.37. The normalized spacial score (nSPS) is 13.1. The van der Waals surface area contributed by atoms with Crippen LogP contribution in [-0.2, 0) is 6.54 Å². The van der Waals surface area contributed by atoms with E-state index in [4.69, 9.17) is 5.73 Å². The fraction of sp³-hybridized carbons (Fsp3) is 0.500. The van der Waals surface area contributed by atoms with E-state index in [2.05, 4.69) is 0 Å². The van der Waals surface area contributed by atoms with Gasteiger partial charge in [-0.1, -0.05) is 6.07 Å². The van der Waals surface area contributed by atoms with Crippen molar-refractivity contribution < 1.29 is 8.78 Å². The first-order chi connectivity index (χ1) is 7.49. The van der Waals surface area contributed by atoms with Crippen LogP contribution < -0.4 is 5.73 Å². The Morgan fingerprint density at radius 1 is 1.31 bits per heavy atom. The molecule has 1 unspecified atom stereocenters. The van der Waals surface area contributed by atoms with Crippen molar-refractivity contribution in [1.82, 2.24) is 4.90 Å². The van der Waals surface area contributed by atoms with Crippen molar-refractivity contribution in [1.29, 1.82) is 0 Å². The van der Waals surface area contributed by atoms with Gasteiger partial charge in [0, 0.05) is 12.6 Å². The summed E-state index contributed by atoms with van der Waals surface area (Å²) >= 11 is 0. The van der Waals surface area contributed by atoms with Crippen molar-refractivity contribution in [3.8, 4) is 0 Å². The van der Waals surface area contributed by atoms with Crippen molar-refractivity contribution in [3.63, 3.8) is 0 Å². The summed E-state index contributed by atoms with van der Waals surface area (Å²) in [5.41, 5.74) is 6.41. The number of hydrogen-bond donors (Lipinski definition) is 1. The maximum Gasteiger partial charge on any atom is 0.159 e. The lowest BCUT2D eigenvalue weighted by Gasteiger charge is -2.17. The summed E-state index contributed by atoms with van der Waals surface area (Å²) in [7, 11) is 1.93. The van der Waals surface area contributed by atoms with Crippen LogP contribution in [0, 0.1) is 11.6 Å². The van der Waals surface area contributed by atoms with Crippen molar-refractivity contribution in [2.24, 2.45) is 5.73 Å². The third kappa shape index (κ3) is 4.24. The van der Waals surface area contributed by atoms with E-state index in [0.29, 0.717) is 6.54 Å². The number of rotatable bonds is 5. The van der Waals surface area contributed by atoms with Crippen LogP contribution in [0.5, 0.6) is 0 Å². The summed E-state index contributed by atoms with van der Waals surface area (Å²) in [4.78, 5) is 2.04. The smallest absolute Gasteiger partial charge is 0.159 e. The summed E-state index contributed by atoms with van der Waals surface area (Å²) in [6.45, 7) is 3.39. The molecule has 0 saturated carbocycles. The molecule has 0 fully saturated rings. The second-order valence-corrected chi connectivity index (χ2v) is 4.25. The number of benzene rings is 1. The Morgan fingerprint density at radius 3 is 2.56 bits per heavy atom. The number of halogens is 2. The van der Waals surface area contributed by atoms with Crippen LogP contribution in [0.2, 0.25) is 0 Å². The predicted molar refractivity (Wildman–Crippen MR) is 61.0 cm³/mol. The Morgan fingerprint density at radius 2 is 2.00 bits per heavy atom. The van der Waals surface area contributed by atoms with E-state index in [0.717, 1.165) is 24.6 Å². The lowest BCUT2D eigenvalue weighted by Crippen LogP contribution is -2.25. The molecule has 0 aliphatic rings. The zero-order chi connectivity index (χ0) is 12.1. The fourth-order valence-electron chi connectivity index (χ4n) is 1.45. The number of nitrogens with two attached hydrogens (primary N) is 1. The van der Waals surface area contributed by atoms with E-state index in [-0.39, 0.29) is 6.04 Å². The molecular weight excluding hydrogens is 210 g/mol. The molecule has 16 heavy (non-hydrogen) atoms. The summed E-state index contributed by atoms with van der Waals surface area (Å²) in [6.07, 6.45) is 0.889. The number of hydrogen-bond acceptors (Lipinski definition) is 2. The zero-order valence-corrected chi connectivity index (χ0v) is 9.71. The molecule has 1 rings (SSSR count). The highest BCUT2D eigenvalue weighted by Crippen LogP contribution is 2.10. The molecule has 0 amide bonds. The van der Waals surface area contributed by atoms with Gasteiger partial charge in [0.1, 0.15) is 0 Å². The van der Waals surface area contributed by atoms with Crippen molar-refractivity contribution >= 4 is 0 Å². The lowest BCUT2D eigenvalue weighted by atomic mass is 10.2. The molecule has 1 aromatic rings. The van der Waals surface area contributed by atoms with E-state index in [1.165, 1.54) is 6.07 Å². The van der Waals surface area contributed by atoms with Gasteiger partial charge in [0.25, 0.3) is 0 Å². The molecule has 0 heterocycles. The quantitative estimate of drug-likeness (QED) is 0.836. The average molecular weight is 228 g/mol. The third-order valence-corrected chi connectivity index (χ3v) is 2.40. The van der Waals surface area contributed by atoms with Crippen LogP contribution in [0.1, 0.15) is 18.9 Å². The molecule has 2 N–H and O–H groups in total. The van der Waals surface area contributed by atoms with Crippen LogP contribution in [0.4, 0.5) is 8.78 Å². The van der Waals surface area contributed by atoms with Crippen molar-refractivity contribution in [2.45, 2.75) is 25.9 Å². The second kappa shape index (κ2) is 5.92. The predicted octanol–water partition coefficient (Wildman–Crippen LogP) is 2.13. The third-order valence-electron chi connectivity index (χ3n) is 2.40. The van der Waals surface area contributed by atoms with E-state index in [1.54, 1.807) is 6.07 Å². The van der Waals surface area contributed by atoms with E-state index < -0.39 is 11.6 Å². The van der Waals surface area contributed by atoms with Crippen LogP contribution in [0.15, 0.2) is 18.2 Å². The van der Waals surface area contributed by atoms with Gasteiger partial charge in [-0.2, -0.15) is 0 Å². The van der Waals surface area contributed by atoms with E-state index in [1.807, 2.05) is 18.9 Å². The van der Waals surface area contributed by atoms with Crippen LogP contribution in [0.3, 0.4) is 0 Å². The maximum absolute atomic E-state index is 12.9. The number of nitrogens with zero attached hydrogens (tertiary/aromatic N) is 1. The Balaban J connectivity index is 2.49. The molecule has 0 aromatic heterocycles. The highest BCUT2D eigenvalue weighted by atomic mass is 19.2. The van der Waals surface area contributed by atoms with Crippen molar-refractivity contribution in [3.05, 3.63) is 35.4 Å². The van der Waals surface area contributed by atoms with Gasteiger partial charge < -0.3 is 10.6 Å². The molecule has 90 valence electrons. The van der Waals surface area contributed by atoms with Crippen molar-refractivity contribution in [2.75, 3.05) is 13.6 Å². The molecule has 0 spiro atoms.